The summed E-state index contributed by atoms with van der Waals surface area (Å²) >= 11 is 0. The molecule has 0 heterocycles. The van der Waals surface area contributed by atoms with Crippen LogP contribution in [0.1, 0.15) is 27.2 Å². The lowest BCUT2D eigenvalue weighted by Gasteiger charge is -2.19. The Morgan fingerprint density at radius 3 is 2.38 bits per heavy atom. The molecule has 0 aliphatic carbocycles. The van der Waals surface area contributed by atoms with Crippen LogP contribution in [0.15, 0.2) is 0 Å². The molecule has 0 aromatic heterocycles. The van der Waals surface area contributed by atoms with Gasteiger partial charge >= 0.3 is 0 Å². The van der Waals surface area contributed by atoms with E-state index in [0.29, 0.717) is 6.42 Å². The van der Waals surface area contributed by atoms with Gasteiger partial charge in [-0.05, 0) is 20.3 Å². The zero-order valence-corrected chi connectivity index (χ0v) is 5.64. The minimum Gasteiger partial charge on any atom is -0.366 e. The van der Waals surface area contributed by atoms with Crippen LogP contribution in [0, 0.1) is 6.61 Å². The fourth-order valence-electron chi connectivity index (χ4n) is 0.337. The topological polar surface area (TPSA) is 29.5 Å². The average molecular weight is 117 g/mol. The second kappa shape index (κ2) is 3.05. The van der Waals surface area contributed by atoms with Crippen molar-refractivity contribution in [1.29, 1.82) is 0 Å². The van der Waals surface area contributed by atoms with E-state index in [9.17, 15) is 0 Å². The van der Waals surface area contributed by atoms with Gasteiger partial charge in [0.2, 0.25) is 0 Å². The first-order chi connectivity index (χ1) is 3.62. The molecule has 2 nitrogen and oxygen atoms in total. The third-order valence-corrected chi connectivity index (χ3v) is 1.03. The van der Waals surface area contributed by atoms with Gasteiger partial charge in [0.1, 0.15) is 0 Å². The molecule has 1 radical (unpaired) electrons. The van der Waals surface area contributed by atoms with Gasteiger partial charge < -0.3 is 9.84 Å². The maximum Gasteiger partial charge on any atom is 0.162 e. The predicted molar refractivity (Wildman–Crippen MR) is 32.0 cm³/mol. The smallest absolute Gasteiger partial charge is 0.162 e. The van der Waals surface area contributed by atoms with Crippen molar-refractivity contribution in [2.45, 2.75) is 33.0 Å². The predicted octanol–water partition coefficient (Wildman–Crippen LogP) is 1.30. The van der Waals surface area contributed by atoms with E-state index >= 15 is 0 Å². The van der Waals surface area contributed by atoms with Gasteiger partial charge in [-0.3, -0.25) is 0 Å². The molecule has 0 aromatic rings. The minimum absolute atomic E-state index is 0.608. The van der Waals surface area contributed by atoms with Gasteiger partial charge in [0.05, 0.1) is 6.61 Å². The van der Waals surface area contributed by atoms with Crippen LogP contribution >= 0.6 is 0 Å². The fourth-order valence-corrected chi connectivity index (χ4v) is 0.337. The molecule has 8 heavy (non-hydrogen) atoms. The first kappa shape index (κ1) is 7.92. The maximum atomic E-state index is 9.07. The van der Waals surface area contributed by atoms with Crippen LogP contribution in [-0.4, -0.2) is 10.9 Å². The van der Waals surface area contributed by atoms with E-state index in [1.807, 2.05) is 6.92 Å². The molecule has 49 valence electrons. The van der Waals surface area contributed by atoms with Crippen molar-refractivity contribution in [2.75, 3.05) is 0 Å². The summed E-state index contributed by atoms with van der Waals surface area (Å²) in [5, 5.41) is 9.07. The van der Waals surface area contributed by atoms with Crippen LogP contribution in [0.2, 0.25) is 0 Å². The van der Waals surface area contributed by atoms with Crippen LogP contribution in [0.5, 0.6) is 0 Å². The molecule has 0 bridgehead atoms. The van der Waals surface area contributed by atoms with Crippen LogP contribution in [0.4, 0.5) is 0 Å². The van der Waals surface area contributed by atoms with Gasteiger partial charge in [-0.2, -0.15) is 0 Å². The van der Waals surface area contributed by atoms with Crippen molar-refractivity contribution < 1.29 is 9.84 Å². The maximum absolute atomic E-state index is 9.07. The Labute approximate surface area is 50.5 Å². The van der Waals surface area contributed by atoms with E-state index < -0.39 is 5.79 Å². The Bertz CT molecular complexity index is 59.5. The monoisotopic (exact) mass is 117 g/mol. The largest absolute Gasteiger partial charge is 0.366 e. The molecule has 0 rings (SSSR count). The van der Waals surface area contributed by atoms with E-state index in [1.54, 1.807) is 13.8 Å². The van der Waals surface area contributed by atoms with Gasteiger partial charge in [-0.15, -0.1) is 0 Å². The molecule has 0 fully saturated rings. The molecule has 0 spiro atoms. The Kier molecular flexibility index (Phi) is 3.02. The van der Waals surface area contributed by atoms with Crippen LogP contribution in [0.25, 0.3) is 0 Å². The number of hydrogen-bond donors (Lipinski definition) is 1. The van der Waals surface area contributed by atoms with Crippen molar-refractivity contribution >= 4 is 0 Å². The summed E-state index contributed by atoms with van der Waals surface area (Å²) in [5.74, 6) is -0.964. The van der Waals surface area contributed by atoms with Gasteiger partial charge in [-0.25, -0.2) is 0 Å². The summed E-state index contributed by atoms with van der Waals surface area (Å²) in [6.07, 6.45) is 0.608. The SMILES string of the molecule is C[CH]OC(C)(O)CC. The second-order valence-corrected chi connectivity index (χ2v) is 1.88. The lowest BCUT2D eigenvalue weighted by atomic mass is 10.2. The first-order valence-corrected chi connectivity index (χ1v) is 2.80. The van der Waals surface area contributed by atoms with Crippen molar-refractivity contribution in [3.05, 3.63) is 6.61 Å². The van der Waals surface area contributed by atoms with Gasteiger partial charge in [0, 0.05) is 0 Å². The number of aliphatic hydroxyl groups is 1. The van der Waals surface area contributed by atoms with E-state index in [1.165, 1.54) is 6.61 Å². The average Bonchev–Trinajstić information content (AvgIpc) is 1.67. The lowest BCUT2D eigenvalue weighted by Crippen LogP contribution is -2.24. The normalized spacial score (nSPS) is 18.0. The lowest BCUT2D eigenvalue weighted by molar-refractivity contribution is -0.167. The van der Waals surface area contributed by atoms with E-state index in [0.717, 1.165) is 0 Å². The molecule has 2 heteroatoms. The van der Waals surface area contributed by atoms with Crippen molar-refractivity contribution in [2.24, 2.45) is 0 Å². The molecule has 0 aromatic carbocycles. The first-order valence-electron chi connectivity index (χ1n) is 2.80. The molecule has 1 unspecified atom stereocenters. The molecular formula is C6H13O2. The Morgan fingerprint density at radius 2 is 2.25 bits per heavy atom. The number of rotatable bonds is 3. The molecule has 0 aliphatic heterocycles. The summed E-state index contributed by atoms with van der Waals surface area (Å²) in [6.45, 7) is 6.73. The second-order valence-electron chi connectivity index (χ2n) is 1.88. The Balaban J connectivity index is 3.37. The minimum atomic E-state index is -0.964. The van der Waals surface area contributed by atoms with Gasteiger partial charge in [0.25, 0.3) is 0 Å². The van der Waals surface area contributed by atoms with Gasteiger partial charge in [-0.1, -0.05) is 6.92 Å². The van der Waals surface area contributed by atoms with Crippen molar-refractivity contribution in [1.82, 2.24) is 0 Å². The molecule has 0 aliphatic rings. The Hall–Kier alpha value is -0.0800. The third-order valence-electron chi connectivity index (χ3n) is 1.03. The molecule has 1 N–H and O–H groups in total. The zero-order chi connectivity index (χ0) is 6.62. The van der Waals surface area contributed by atoms with Gasteiger partial charge in [0.15, 0.2) is 5.79 Å². The highest BCUT2D eigenvalue weighted by Gasteiger charge is 2.15. The third kappa shape index (κ3) is 2.99. The summed E-state index contributed by atoms with van der Waals surface area (Å²) < 4.78 is 4.81. The highest BCUT2D eigenvalue weighted by Crippen LogP contribution is 2.10. The highest BCUT2D eigenvalue weighted by molar-refractivity contribution is 4.56. The summed E-state index contributed by atoms with van der Waals surface area (Å²) in [6, 6.07) is 0. The van der Waals surface area contributed by atoms with Crippen LogP contribution in [-0.2, 0) is 4.74 Å². The zero-order valence-electron chi connectivity index (χ0n) is 5.64. The molecule has 1 atom stereocenters. The highest BCUT2D eigenvalue weighted by atomic mass is 16.6. The quantitative estimate of drug-likeness (QED) is 0.564. The van der Waals surface area contributed by atoms with Crippen LogP contribution < -0.4 is 0 Å². The molecule has 0 saturated carbocycles. The van der Waals surface area contributed by atoms with E-state index in [2.05, 4.69) is 0 Å². The fraction of sp³-hybridized carbons (Fsp3) is 0.833. The van der Waals surface area contributed by atoms with Crippen molar-refractivity contribution in [3.8, 4) is 0 Å². The number of hydrogen-bond acceptors (Lipinski definition) is 2. The van der Waals surface area contributed by atoms with E-state index in [4.69, 9.17) is 9.84 Å². The molecule has 0 amide bonds. The number of ether oxygens (including phenoxy) is 1. The Morgan fingerprint density at radius 1 is 1.75 bits per heavy atom. The summed E-state index contributed by atoms with van der Waals surface area (Å²) in [5.41, 5.74) is 0. The standard InChI is InChI=1S/C6H13O2/c1-4-6(3,7)8-5-2/h5,7H,4H2,1-3H3. The summed E-state index contributed by atoms with van der Waals surface area (Å²) in [4.78, 5) is 0. The molecule has 0 saturated heterocycles. The van der Waals surface area contributed by atoms with Crippen LogP contribution in [0.3, 0.4) is 0 Å². The summed E-state index contributed by atoms with van der Waals surface area (Å²) in [7, 11) is 0. The van der Waals surface area contributed by atoms with Crippen molar-refractivity contribution in [3.63, 3.8) is 0 Å². The van der Waals surface area contributed by atoms with E-state index in [-0.39, 0.29) is 0 Å². The molecular weight excluding hydrogens is 104 g/mol.